The summed E-state index contributed by atoms with van der Waals surface area (Å²) in [5, 5.41) is 8.78. The zero-order valence-electron chi connectivity index (χ0n) is 16.0. The van der Waals surface area contributed by atoms with E-state index in [-0.39, 0.29) is 11.4 Å². The van der Waals surface area contributed by atoms with Crippen LogP contribution in [0.25, 0.3) is 0 Å². The highest BCUT2D eigenvalue weighted by molar-refractivity contribution is 5.93. The highest BCUT2D eigenvalue weighted by Crippen LogP contribution is 2.53. The van der Waals surface area contributed by atoms with Gasteiger partial charge < -0.3 is 0 Å². The Morgan fingerprint density at radius 1 is 1.23 bits per heavy atom. The lowest BCUT2D eigenvalue weighted by atomic mass is 9.58. The molecule has 3 aliphatic rings. The van der Waals surface area contributed by atoms with Crippen LogP contribution in [0, 0.1) is 11.2 Å². The number of hydrogen-bond acceptors (Lipinski definition) is 3. The molecule has 1 aromatic carbocycles. The minimum atomic E-state index is -0.654. The van der Waals surface area contributed by atoms with Crippen molar-refractivity contribution < 1.29 is 14.4 Å². The van der Waals surface area contributed by atoms with Crippen molar-refractivity contribution in [2.24, 2.45) is 5.41 Å². The summed E-state index contributed by atoms with van der Waals surface area (Å²) in [6.07, 6.45) is 10.2. The van der Waals surface area contributed by atoms with E-state index in [1.54, 1.807) is 11.5 Å². The van der Waals surface area contributed by atoms with E-state index in [9.17, 15) is 9.18 Å². The minimum Gasteiger partial charge on any atom is -0.296 e. The van der Waals surface area contributed by atoms with E-state index in [1.807, 2.05) is 13.8 Å². The molecule has 1 spiro atoms. The molecule has 1 aliphatic heterocycles. The fraction of sp³-hybridized carbons (Fsp3) is 0.667. The molecule has 0 unspecified atom stereocenters. The summed E-state index contributed by atoms with van der Waals surface area (Å²) in [5.41, 5.74) is 3.99. The summed E-state index contributed by atoms with van der Waals surface area (Å²) in [6, 6.07) is 3.56. The van der Waals surface area contributed by atoms with Crippen molar-refractivity contribution in [1.29, 1.82) is 0 Å². The molecule has 1 aromatic rings. The molecule has 5 heteroatoms. The number of halogens is 1. The van der Waals surface area contributed by atoms with Crippen molar-refractivity contribution in [3.8, 4) is 0 Å². The molecule has 1 amide bonds. The third-order valence-electron chi connectivity index (χ3n) is 6.44. The Hall–Kier alpha value is -1.46. The van der Waals surface area contributed by atoms with Gasteiger partial charge in [-0.05, 0) is 60.8 Å². The van der Waals surface area contributed by atoms with Gasteiger partial charge in [-0.2, -0.15) is 0 Å². The molecule has 2 fully saturated rings. The van der Waals surface area contributed by atoms with Crippen molar-refractivity contribution in [1.82, 2.24) is 10.4 Å². The molecule has 0 radical (unpaired) electrons. The van der Waals surface area contributed by atoms with Crippen LogP contribution in [0.15, 0.2) is 12.1 Å². The molecule has 0 atom stereocenters. The number of rotatable bonds is 2. The van der Waals surface area contributed by atoms with Gasteiger partial charge in [0.25, 0.3) is 5.91 Å². The average Bonchev–Trinajstić information content (AvgIpc) is 2.67. The predicted molar refractivity (Wildman–Crippen MR) is 99.7 cm³/mol. The van der Waals surface area contributed by atoms with Crippen LogP contribution in [0.5, 0.6) is 0 Å². The molecular weight excluding hydrogens is 331 g/mol. The first-order valence-electron chi connectivity index (χ1n) is 10.1. The lowest BCUT2D eigenvalue weighted by Crippen LogP contribution is -2.52. The molecule has 4 nitrogen and oxygen atoms in total. The van der Waals surface area contributed by atoms with Crippen LogP contribution in [0.3, 0.4) is 0 Å². The molecule has 2 aliphatic carbocycles. The van der Waals surface area contributed by atoms with E-state index in [0.717, 1.165) is 17.7 Å². The van der Waals surface area contributed by atoms with E-state index in [4.69, 9.17) is 5.21 Å². The van der Waals surface area contributed by atoms with Crippen molar-refractivity contribution in [3.63, 3.8) is 0 Å². The second-order valence-corrected chi connectivity index (χ2v) is 7.88. The lowest BCUT2D eigenvalue weighted by molar-refractivity contribution is -0.0309. The van der Waals surface area contributed by atoms with Crippen molar-refractivity contribution in [2.75, 3.05) is 6.54 Å². The molecule has 1 heterocycles. The second kappa shape index (κ2) is 8.05. The summed E-state index contributed by atoms with van der Waals surface area (Å²) < 4.78 is 14.3. The SMILES string of the molecule is CC.O=C(NO)c1cc(F)c2c(c1)CN(C1CC3(CCCCC3)C1)CC2. The molecule has 0 aromatic heterocycles. The van der Waals surface area contributed by atoms with Crippen molar-refractivity contribution >= 4 is 5.91 Å². The normalized spacial score (nSPS) is 22.0. The molecule has 2 saturated carbocycles. The second-order valence-electron chi connectivity index (χ2n) is 7.88. The van der Waals surface area contributed by atoms with E-state index in [0.29, 0.717) is 24.4 Å². The number of nitrogens with one attached hydrogen (secondary N) is 1. The van der Waals surface area contributed by atoms with Gasteiger partial charge in [0.2, 0.25) is 0 Å². The fourth-order valence-corrected chi connectivity index (χ4v) is 5.08. The van der Waals surface area contributed by atoms with Crippen LogP contribution in [-0.4, -0.2) is 28.6 Å². The van der Waals surface area contributed by atoms with Crippen LogP contribution in [-0.2, 0) is 13.0 Å². The zero-order valence-corrected chi connectivity index (χ0v) is 16.0. The topological polar surface area (TPSA) is 52.6 Å². The number of carbonyl (C=O) groups excluding carboxylic acids is 1. The Morgan fingerprint density at radius 3 is 2.58 bits per heavy atom. The third-order valence-corrected chi connectivity index (χ3v) is 6.44. The maximum absolute atomic E-state index is 14.3. The van der Waals surface area contributed by atoms with Gasteiger partial charge in [-0.1, -0.05) is 33.1 Å². The van der Waals surface area contributed by atoms with Gasteiger partial charge >= 0.3 is 0 Å². The Bertz CT molecular complexity index is 648. The number of benzene rings is 1. The van der Waals surface area contributed by atoms with Crippen LogP contribution >= 0.6 is 0 Å². The van der Waals surface area contributed by atoms with Crippen LogP contribution in [0.4, 0.5) is 4.39 Å². The number of amides is 1. The summed E-state index contributed by atoms with van der Waals surface area (Å²) in [4.78, 5) is 14.1. The summed E-state index contributed by atoms with van der Waals surface area (Å²) >= 11 is 0. The smallest absolute Gasteiger partial charge is 0.274 e. The summed E-state index contributed by atoms with van der Waals surface area (Å²) in [6.45, 7) is 5.61. The lowest BCUT2D eigenvalue weighted by Gasteiger charge is -2.54. The third kappa shape index (κ3) is 3.65. The average molecular weight is 362 g/mol. The quantitative estimate of drug-likeness (QED) is 0.604. The number of hydrogen-bond donors (Lipinski definition) is 2. The number of nitrogens with zero attached hydrogens (tertiary/aromatic N) is 1. The number of hydroxylamine groups is 1. The first kappa shape index (κ1) is 19.3. The summed E-state index contributed by atoms with van der Waals surface area (Å²) in [7, 11) is 0. The Morgan fingerprint density at radius 2 is 1.92 bits per heavy atom. The maximum Gasteiger partial charge on any atom is 0.274 e. The predicted octanol–water partition coefficient (Wildman–Crippen LogP) is 4.44. The monoisotopic (exact) mass is 362 g/mol. The minimum absolute atomic E-state index is 0.188. The van der Waals surface area contributed by atoms with Gasteiger partial charge in [-0.15, -0.1) is 0 Å². The molecule has 144 valence electrons. The standard InChI is InChI=1S/C19H25FN2O2.C2H6/c20-17-9-13(18(23)21-24)8-14-12-22(7-4-16(14)17)15-10-19(11-15)5-2-1-3-6-19;1-2/h8-9,15,24H,1-7,10-12H2,(H,21,23);1-2H3. The molecular formula is C21H31FN2O2. The number of fused-ring (bicyclic) bond motifs is 1. The summed E-state index contributed by atoms with van der Waals surface area (Å²) in [5.74, 6) is -0.985. The Labute approximate surface area is 155 Å². The van der Waals surface area contributed by atoms with Gasteiger partial charge in [0, 0.05) is 24.7 Å². The van der Waals surface area contributed by atoms with E-state index in [2.05, 4.69) is 4.90 Å². The van der Waals surface area contributed by atoms with Crippen LogP contribution < -0.4 is 5.48 Å². The van der Waals surface area contributed by atoms with Crippen LogP contribution in [0.2, 0.25) is 0 Å². The molecule has 4 rings (SSSR count). The van der Waals surface area contributed by atoms with Crippen molar-refractivity contribution in [3.05, 3.63) is 34.6 Å². The van der Waals surface area contributed by atoms with E-state index < -0.39 is 5.91 Å². The Kier molecular flexibility index (Phi) is 5.98. The fourth-order valence-electron chi connectivity index (χ4n) is 5.08. The van der Waals surface area contributed by atoms with Gasteiger partial charge in [0.15, 0.2) is 0 Å². The maximum atomic E-state index is 14.3. The van der Waals surface area contributed by atoms with Crippen LogP contribution in [0.1, 0.15) is 80.3 Å². The van der Waals surface area contributed by atoms with Gasteiger partial charge in [0.05, 0.1) is 0 Å². The van der Waals surface area contributed by atoms with Gasteiger partial charge in [0.1, 0.15) is 5.82 Å². The Balaban J connectivity index is 0.000000948. The van der Waals surface area contributed by atoms with E-state index in [1.165, 1.54) is 51.0 Å². The van der Waals surface area contributed by atoms with Gasteiger partial charge in [-0.25, -0.2) is 9.87 Å². The largest absolute Gasteiger partial charge is 0.296 e. The molecule has 2 N–H and O–H groups in total. The first-order valence-corrected chi connectivity index (χ1v) is 10.1. The van der Waals surface area contributed by atoms with E-state index >= 15 is 0 Å². The van der Waals surface area contributed by atoms with Crippen molar-refractivity contribution in [2.45, 2.75) is 77.8 Å². The molecule has 0 saturated heterocycles. The molecule has 0 bridgehead atoms. The molecule has 26 heavy (non-hydrogen) atoms. The highest BCUT2D eigenvalue weighted by Gasteiger charge is 2.46. The number of carbonyl (C=O) groups is 1. The zero-order chi connectivity index (χ0) is 18.7. The first-order chi connectivity index (χ1) is 12.6. The highest BCUT2D eigenvalue weighted by atomic mass is 19.1. The van der Waals surface area contributed by atoms with Gasteiger partial charge in [-0.3, -0.25) is 14.9 Å².